The number of nitrogens with zero attached hydrogens (tertiary/aromatic N) is 1. The summed E-state index contributed by atoms with van der Waals surface area (Å²) in [5.74, 6) is 0.966. The average molecular weight is 369 g/mol. The predicted molar refractivity (Wildman–Crippen MR) is 112 cm³/mol. The molecule has 1 heterocycles. The molecule has 0 radical (unpaired) electrons. The van der Waals surface area contributed by atoms with E-state index in [0.717, 1.165) is 24.4 Å². The van der Waals surface area contributed by atoms with Crippen molar-refractivity contribution >= 4 is 23.5 Å². The van der Waals surface area contributed by atoms with E-state index in [1.54, 1.807) is 0 Å². The van der Waals surface area contributed by atoms with Crippen LogP contribution in [0.4, 0.5) is 10.5 Å². The number of benzene rings is 2. The van der Waals surface area contributed by atoms with E-state index < -0.39 is 0 Å². The zero-order valence-corrected chi connectivity index (χ0v) is 16.9. The first-order valence-corrected chi connectivity index (χ1v) is 10.3. The molecule has 2 amide bonds. The third-order valence-electron chi connectivity index (χ3n) is 4.83. The van der Waals surface area contributed by atoms with Crippen molar-refractivity contribution in [1.29, 1.82) is 0 Å². The average Bonchev–Trinajstić information content (AvgIpc) is 3.11. The van der Waals surface area contributed by atoms with E-state index in [2.05, 4.69) is 69.4 Å². The first kappa shape index (κ1) is 18.8. The summed E-state index contributed by atoms with van der Waals surface area (Å²) in [6.07, 6.45) is 1.00. The number of carbonyl (C=O) groups excluding carboxylic acids is 1. The standard InChI is InChI=1S/C22H28N2OS/c1-5-16-6-12-19(13-7-16)23-21(25)24-14-15-26-20(24)17-8-10-18(11-9-17)22(2,3)4/h6-13,20H,5,14-15H2,1-4H3,(H,23,25)/t20-/m1/s1. The summed E-state index contributed by atoms with van der Waals surface area (Å²) in [4.78, 5) is 14.7. The Morgan fingerprint density at radius 2 is 1.77 bits per heavy atom. The topological polar surface area (TPSA) is 32.3 Å². The summed E-state index contributed by atoms with van der Waals surface area (Å²) in [6.45, 7) is 9.56. The Kier molecular flexibility index (Phi) is 5.61. The van der Waals surface area contributed by atoms with Crippen LogP contribution in [0.2, 0.25) is 0 Å². The molecule has 0 spiro atoms. The molecule has 2 aromatic carbocycles. The second kappa shape index (κ2) is 7.75. The van der Waals surface area contributed by atoms with Crippen LogP contribution in [-0.2, 0) is 11.8 Å². The van der Waals surface area contributed by atoms with Crippen LogP contribution in [0.5, 0.6) is 0 Å². The van der Waals surface area contributed by atoms with Crippen molar-refractivity contribution < 1.29 is 4.79 Å². The van der Waals surface area contributed by atoms with Crippen molar-refractivity contribution in [1.82, 2.24) is 4.90 Å². The zero-order chi connectivity index (χ0) is 18.7. The molecule has 0 aromatic heterocycles. The summed E-state index contributed by atoms with van der Waals surface area (Å²) >= 11 is 1.83. The van der Waals surface area contributed by atoms with Crippen molar-refractivity contribution in [3.8, 4) is 0 Å². The second-order valence-electron chi connectivity index (χ2n) is 7.77. The summed E-state index contributed by atoms with van der Waals surface area (Å²) in [5.41, 5.74) is 4.78. The van der Waals surface area contributed by atoms with Gasteiger partial charge in [-0.1, -0.05) is 64.1 Å². The maximum Gasteiger partial charge on any atom is 0.323 e. The van der Waals surface area contributed by atoms with Gasteiger partial charge >= 0.3 is 6.03 Å². The Morgan fingerprint density at radius 3 is 2.35 bits per heavy atom. The molecule has 0 aliphatic carbocycles. The van der Waals surface area contributed by atoms with Gasteiger partial charge in [0.1, 0.15) is 5.37 Å². The second-order valence-corrected chi connectivity index (χ2v) is 8.96. The lowest BCUT2D eigenvalue weighted by molar-refractivity contribution is 0.214. The van der Waals surface area contributed by atoms with Gasteiger partial charge in [0.25, 0.3) is 0 Å². The molecule has 1 fully saturated rings. The highest BCUT2D eigenvalue weighted by Gasteiger charge is 2.31. The number of aryl methyl sites for hydroxylation is 1. The highest BCUT2D eigenvalue weighted by molar-refractivity contribution is 7.99. The zero-order valence-electron chi connectivity index (χ0n) is 16.1. The van der Waals surface area contributed by atoms with E-state index >= 15 is 0 Å². The Hall–Kier alpha value is -1.94. The Labute approximate surface area is 161 Å². The molecule has 1 atom stereocenters. The van der Waals surface area contributed by atoms with Crippen molar-refractivity contribution in [3.63, 3.8) is 0 Å². The number of rotatable bonds is 3. The number of amides is 2. The van der Waals surface area contributed by atoms with Gasteiger partial charge < -0.3 is 10.2 Å². The first-order valence-electron chi connectivity index (χ1n) is 9.27. The SMILES string of the molecule is CCc1ccc(NC(=O)N2CCS[C@@H]2c2ccc(C(C)(C)C)cc2)cc1. The summed E-state index contributed by atoms with van der Waals surface area (Å²) in [7, 11) is 0. The monoisotopic (exact) mass is 368 g/mol. The normalized spacial score (nSPS) is 17.4. The Bertz CT molecular complexity index is 747. The molecule has 3 rings (SSSR count). The third-order valence-corrected chi connectivity index (χ3v) is 6.09. The molecule has 1 N–H and O–H groups in total. The molecule has 0 bridgehead atoms. The van der Waals surface area contributed by atoms with Crippen LogP contribution < -0.4 is 5.32 Å². The lowest BCUT2D eigenvalue weighted by Crippen LogP contribution is -2.34. The molecule has 26 heavy (non-hydrogen) atoms. The van der Waals surface area contributed by atoms with E-state index in [1.165, 1.54) is 16.7 Å². The molecule has 4 heteroatoms. The molecule has 0 unspecified atom stereocenters. The molecular weight excluding hydrogens is 340 g/mol. The van der Waals surface area contributed by atoms with Crippen molar-refractivity contribution in [2.24, 2.45) is 0 Å². The Morgan fingerprint density at radius 1 is 1.12 bits per heavy atom. The third kappa shape index (κ3) is 4.24. The molecule has 0 saturated carbocycles. The van der Waals surface area contributed by atoms with Crippen LogP contribution in [0.15, 0.2) is 48.5 Å². The van der Waals surface area contributed by atoms with E-state index in [9.17, 15) is 4.79 Å². The van der Waals surface area contributed by atoms with Crippen LogP contribution in [0.1, 0.15) is 49.8 Å². The maximum absolute atomic E-state index is 12.8. The minimum atomic E-state index is -0.0239. The van der Waals surface area contributed by atoms with E-state index in [4.69, 9.17) is 0 Å². The molecule has 1 aliphatic heterocycles. The van der Waals surface area contributed by atoms with Crippen LogP contribution in [0.25, 0.3) is 0 Å². The van der Waals surface area contributed by atoms with Crippen molar-refractivity contribution in [2.45, 2.75) is 44.9 Å². The summed E-state index contributed by atoms with van der Waals surface area (Å²) < 4.78 is 0. The van der Waals surface area contributed by atoms with Gasteiger partial charge in [0.2, 0.25) is 0 Å². The Balaban J connectivity index is 1.71. The largest absolute Gasteiger partial charge is 0.323 e. The quantitative estimate of drug-likeness (QED) is 0.739. The molecule has 1 aliphatic rings. The molecule has 138 valence electrons. The van der Waals surface area contributed by atoms with E-state index in [1.807, 2.05) is 28.8 Å². The summed E-state index contributed by atoms with van der Waals surface area (Å²) in [5, 5.41) is 3.13. The molecule has 1 saturated heterocycles. The lowest BCUT2D eigenvalue weighted by Gasteiger charge is -2.25. The molecule has 3 nitrogen and oxygen atoms in total. The van der Waals surface area contributed by atoms with Gasteiger partial charge in [-0.05, 0) is 40.7 Å². The van der Waals surface area contributed by atoms with E-state index in [-0.39, 0.29) is 16.8 Å². The molecule has 2 aromatic rings. The van der Waals surface area contributed by atoms with Gasteiger partial charge in [-0.3, -0.25) is 0 Å². The van der Waals surface area contributed by atoms with Gasteiger partial charge in [-0.15, -0.1) is 11.8 Å². The number of urea groups is 1. The fourth-order valence-electron chi connectivity index (χ4n) is 3.12. The number of hydrogen-bond acceptors (Lipinski definition) is 2. The van der Waals surface area contributed by atoms with Crippen LogP contribution in [-0.4, -0.2) is 23.2 Å². The first-order chi connectivity index (χ1) is 12.4. The summed E-state index contributed by atoms with van der Waals surface area (Å²) in [6, 6.07) is 16.8. The fraction of sp³-hybridized carbons (Fsp3) is 0.409. The van der Waals surface area contributed by atoms with Crippen molar-refractivity contribution in [2.75, 3.05) is 17.6 Å². The van der Waals surface area contributed by atoms with Crippen molar-refractivity contribution in [3.05, 3.63) is 65.2 Å². The lowest BCUT2D eigenvalue weighted by atomic mass is 9.87. The fourth-order valence-corrected chi connectivity index (χ4v) is 4.38. The highest BCUT2D eigenvalue weighted by atomic mass is 32.2. The molecular formula is C22H28N2OS. The smallest absolute Gasteiger partial charge is 0.308 e. The van der Waals surface area contributed by atoms with E-state index in [0.29, 0.717) is 0 Å². The van der Waals surface area contributed by atoms with Gasteiger partial charge in [0, 0.05) is 18.0 Å². The number of carbonyl (C=O) groups is 1. The van der Waals surface area contributed by atoms with Crippen LogP contribution >= 0.6 is 11.8 Å². The van der Waals surface area contributed by atoms with Gasteiger partial charge in [-0.25, -0.2) is 4.79 Å². The van der Waals surface area contributed by atoms with Gasteiger partial charge in [-0.2, -0.15) is 0 Å². The minimum absolute atomic E-state index is 0.0239. The number of thioether (sulfide) groups is 1. The van der Waals surface area contributed by atoms with Gasteiger partial charge in [0.05, 0.1) is 0 Å². The minimum Gasteiger partial charge on any atom is -0.308 e. The number of anilines is 1. The van der Waals surface area contributed by atoms with Crippen LogP contribution in [0.3, 0.4) is 0 Å². The maximum atomic E-state index is 12.8. The predicted octanol–water partition coefficient (Wildman–Crippen LogP) is 5.83. The number of hydrogen-bond donors (Lipinski definition) is 1. The number of nitrogens with one attached hydrogen (secondary N) is 1. The highest BCUT2D eigenvalue weighted by Crippen LogP contribution is 2.38. The van der Waals surface area contributed by atoms with Gasteiger partial charge in [0.15, 0.2) is 0 Å². The van der Waals surface area contributed by atoms with Crippen LogP contribution in [0, 0.1) is 0 Å².